The van der Waals surface area contributed by atoms with Gasteiger partial charge in [-0.05, 0) is 62.3 Å². The van der Waals surface area contributed by atoms with Gasteiger partial charge in [0.15, 0.2) is 9.84 Å². The van der Waals surface area contributed by atoms with Gasteiger partial charge in [0.25, 0.3) is 0 Å². The van der Waals surface area contributed by atoms with E-state index in [0.717, 1.165) is 68.3 Å². The summed E-state index contributed by atoms with van der Waals surface area (Å²) in [5.74, 6) is 0.449. The van der Waals surface area contributed by atoms with E-state index in [-0.39, 0.29) is 17.8 Å². The van der Waals surface area contributed by atoms with Crippen LogP contribution in [-0.4, -0.2) is 33.3 Å². The van der Waals surface area contributed by atoms with Gasteiger partial charge in [0.2, 0.25) is 0 Å². The van der Waals surface area contributed by atoms with Crippen LogP contribution >= 0.6 is 0 Å². The number of sulfone groups is 1. The molecule has 2 aliphatic rings. The van der Waals surface area contributed by atoms with Crippen molar-refractivity contribution in [3.8, 4) is 5.75 Å². The topological polar surface area (TPSA) is 72.9 Å². The van der Waals surface area contributed by atoms with Gasteiger partial charge in [0, 0.05) is 23.7 Å². The summed E-state index contributed by atoms with van der Waals surface area (Å²) >= 11 is 0. The molecule has 0 amide bonds. The summed E-state index contributed by atoms with van der Waals surface area (Å²) < 4.78 is 39.2. The van der Waals surface area contributed by atoms with E-state index in [1.165, 1.54) is 12.3 Å². The van der Waals surface area contributed by atoms with Crippen LogP contribution < -0.4 is 9.64 Å². The molecule has 1 aliphatic heterocycles. The zero-order valence-corrected chi connectivity index (χ0v) is 23.8. The molecule has 0 radical (unpaired) electrons. The lowest BCUT2D eigenvalue weighted by Crippen LogP contribution is -2.38. The third-order valence-corrected chi connectivity index (χ3v) is 9.59. The van der Waals surface area contributed by atoms with E-state index >= 15 is 0 Å². The van der Waals surface area contributed by atoms with Gasteiger partial charge in [0.05, 0.1) is 35.3 Å². The SMILES string of the molecule is CCCCC1(CCCC)CN(c2ccccc2)c2cc(C3CC3)c(O/C=C/C(=O)OCC)cc2S(=O)(=O)C1. The number of rotatable bonds is 12. The number of hydrogen-bond donors (Lipinski definition) is 0. The van der Waals surface area contributed by atoms with E-state index < -0.39 is 15.8 Å². The monoisotopic (exact) mass is 539 g/mol. The maximum Gasteiger partial charge on any atom is 0.333 e. The van der Waals surface area contributed by atoms with Crippen LogP contribution in [0, 0.1) is 5.41 Å². The van der Waals surface area contributed by atoms with Crippen molar-refractivity contribution >= 4 is 27.2 Å². The number of hydrogen-bond acceptors (Lipinski definition) is 6. The Bertz CT molecular complexity index is 1230. The predicted molar refractivity (Wildman–Crippen MR) is 152 cm³/mol. The highest BCUT2D eigenvalue weighted by Crippen LogP contribution is 2.51. The second kappa shape index (κ2) is 12.4. The van der Waals surface area contributed by atoms with E-state index in [9.17, 15) is 13.2 Å². The maximum absolute atomic E-state index is 14.2. The van der Waals surface area contributed by atoms with E-state index in [4.69, 9.17) is 9.47 Å². The third-order valence-electron chi connectivity index (χ3n) is 7.60. The van der Waals surface area contributed by atoms with Gasteiger partial charge >= 0.3 is 5.97 Å². The third kappa shape index (κ3) is 6.60. The Labute approximate surface area is 227 Å². The van der Waals surface area contributed by atoms with Gasteiger partial charge in [-0.25, -0.2) is 13.2 Å². The van der Waals surface area contributed by atoms with Crippen molar-refractivity contribution in [2.24, 2.45) is 5.41 Å². The molecule has 6 nitrogen and oxygen atoms in total. The number of nitrogens with zero attached hydrogens (tertiary/aromatic N) is 1. The van der Waals surface area contributed by atoms with Gasteiger partial charge in [-0.1, -0.05) is 57.7 Å². The maximum atomic E-state index is 14.2. The first kappa shape index (κ1) is 28.2. The molecule has 0 bridgehead atoms. The minimum absolute atomic E-state index is 0.122. The van der Waals surface area contributed by atoms with Crippen LogP contribution in [0.25, 0.3) is 0 Å². The highest BCUT2D eigenvalue weighted by atomic mass is 32.2. The van der Waals surface area contributed by atoms with Crippen LogP contribution in [0.2, 0.25) is 0 Å². The standard InChI is InChI=1S/C31H41NO5S/c1-4-7-17-31(18-8-5-2)22-32(25-12-10-9-11-13-25)27-20-26(24-14-15-24)28(21-29(27)38(34,35)23-31)37-19-16-30(33)36-6-3/h9-13,16,19-21,24H,4-8,14-15,17-18,22-23H2,1-3H3/b19-16+. The number of carbonyl (C=O) groups is 1. The molecule has 206 valence electrons. The Balaban J connectivity index is 1.85. The summed E-state index contributed by atoms with van der Waals surface area (Å²) in [6.07, 6.45) is 10.4. The number of esters is 1. The van der Waals surface area contributed by atoms with E-state index in [1.807, 2.05) is 24.3 Å². The van der Waals surface area contributed by atoms with Crippen molar-refractivity contribution in [2.45, 2.75) is 83.0 Å². The summed E-state index contributed by atoms with van der Waals surface area (Å²) in [5, 5.41) is 0. The van der Waals surface area contributed by atoms with Crippen LogP contribution in [0.4, 0.5) is 11.4 Å². The second-order valence-corrected chi connectivity index (χ2v) is 12.7. The molecule has 0 atom stereocenters. The highest BCUT2D eigenvalue weighted by molar-refractivity contribution is 7.91. The lowest BCUT2D eigenvalue weighted by atomic mass is 9.79. The van der Waals surface area contributed by atoms with Gasteiger partial charge in [0.1, 0.15) is 5.75 Å². The molecular formula is C31H41NO5S. The van der Waals surface area contributed by atoms with Gasteiger partial charge in [-0.2, -0.15) is 0 Å². The molecular weight excluding hydrogens is 498 g/mol. The molecule has 1 aliphatic carbocycles. The summed E-state index contributed by atoms with van der Waals surface area (Å²) in [7, 11) is -3.62. The van der Waals surface area contributed by atoms with Crippen LogP contribution in [0.5, 0.6) is 5.75 Å². The number of para-hydroxylation sites is 1. The first-order chi connectivity index (χ1) is 18.3. The first-order valence-corrected chi connectivity index (χ1v) is 15.7. The zero-order chi connectivity index (χ0) is 27.2. The molecule has 2 aromatic carbocycles. The number of anilines is 2. The molecule has 0 N–H and O–H groups in total. The van der Waals surface area contributed by atoms with Crippen LogP contribution in [-0.2, 0) is 19.4 Å². The molecule has 0 spiro atoms. The van der Waals surface area contributed by atoms with Crippen molar-refractivity contribution in [3.63, 3.8) is 0 Å². The number of carbonyl (C=O) groups excluding carboxylic acids is 1. The smallest absolute Gasteiger partial charge is 0.333 e. The van der Waals surface area contributed by atoms with E-state index in [1.54, 1.807) is 13.0 Å². The molecule has 0 aromatic heterocycles. The van der Waals surface area contributed by atoms with Gasteiger partial charge in [-0.3, -0.25) is 0 Å². The Morgan fingerprint density at radius 3 is 2.34 bits per heavy atom. The van der Waals surface area contributed by atoms with Gasteiger partial charge < -0.3 is 14.4 Å². The average Bonchev–Trinajstić information content (AvgIpc) is 3.75. The fourth-order valence-corrected chi connectivity index (χ4v) is 7.63. The Kier molecular flexibility index (Phi) is 9.19. The van der Waals surface area contributed by atoms with E-state index in [2.05, 4.69) is 30.9 Å². The number of ether oxygens (including phenoxy) is 2. The molecule has 1 fully saturated rings. The fraction of sp³-hybridized carbons (Fsp3) is 0.516. The molecule has 7 heteroatoms. The molecule has 1 heterocycles. The summed E-state index contributed by atoms with van der Waals surface area (Å²) in [4.78, 5) is 14.3. The van der Waals surface area contributed by atoms with Crippen LogP contribution in [0.3, 0.4) is 0 Å². The Morgan fingerprint density at radius 1 is 1.05 bits per heavy atom. The first-order valence-electron chi connectivity index (χ1n) is 14.1. The van der Waals surface area contributed by atoms with Crippen LogP contribution in [0.15, 0.2) is 59.7 Å². The molecule has 0 unspecified atom stereocenters. The summed E-state index contributed by atoms with van der Waals surface area (Å²) in [6.45, 7) is 7.02. The zero-order valence-electron chi connectivity index (χ0n) is 22.9. The lowest BCUT2D eigenvalue weighted by Gasteiger charge is -2.37. The highest BCUT2D eigenvalue weighted by Gasteiger charge is 2.43. The predicted octanol–water partition coefficient (Wildman–Crippen LogP) is 7.31. The Hall–Kier alpha value is -2.80. The van der Waals surface area contributed by atoms with Crippen molar-refractivity contribution < 1.29 is 22.7 Å². The van der Waals surface area contributed by atoms with Gasteiger partial charge in [-0.15, -0.1) is 0 Å². The summed E-state index contributed by atoms with van der Waals surface area (Å²) in [6, 6.07) is 13.9. The van der Waals surface area contributed by atoms with Crippen molar-refractivity contribution in [3.05, 3.63) is 60.4 Å². The minimum atomic E-state index is -3.62. The number of unbranched alkanes of at least 4 members (excludes halogenated alkanes) is 2. The lowest BCUT2D eigenvalue weighted by molar-refractivity contribution is -0.137. The second-order valence-electron chi connectivity index (χ2n) is 10.7. The average molecular weight is 540 g/mol. The molecule has 1 saturated carbocycles. The minimum Gasteiger partial charge on any atom is -0.464 e. The molecule has 2 aromatic rings. The molecule has 4 rings (SSSR count). The molecule has 0 saturated heterocycles. The van der Waals surface area contributed by atoms with E-state index in [0.29, 0.717) is 23.1 Å². The fourth-order valence-electron chi connectivity index (χ4n) is 5.51. The summed E-state index contributed by atoms with van der Waals surface area (Å²) in [5.41, 5.74) is 2.38. The van der Waals surface area contributed by atoms with Crippen molar-refractivity contribution in [2.75, 3.05) is 23.8 Å². The molecule has 38 heavy (non-hydrogen) atoms. The number of benzene rings is 2. The quantitative estimate of drug-likeness (QED) is 0.160. The normalized spacial score (nSPS) is 18.1. The Morgan fingerprint density at radius 2 is 1.74 bits per heavy atom. The largest absolute Gasteiger partial charge is 0.464 e. The van der Waals surface area contributed by atoms with Crippen LogP contribution in [0.1, 0.15) is 83.6 Å². The number of fused-ring (bicyclic) bond motifs is 1. The van der Waals surface area contributed by atoms with Crippen molar-refractivity contribution in [1.29, 1.82) is 0 Å². The van der Waals surface area contributed by atoms with Crippen molar-refractivity contribution in [1.82, 2.24) is 0 Å².